The predicted octanol–water partition coefficient (Wildman–Crippen LogP) is 11.9. The number of aliphatic hydroxyl groups excluding tert-OH is 1. The number of fused-ring (bicyclic) bond motifs is 2. The molecule has 0 amide bonds. The van der Waals surface area contributed by atoms with Gasteiger partial charge < -0.3 is 9.67 Å². The molecule has 3 aromatic heterocycles. The summed E-state index contributed by atoms with van der Waals surface area (Å²) in [6, 6.07) is 23.1. The first-order chi connectivity index (χ1) is 23.3. The van der Waals surface area contributed by atoms with Crippen LogP contribution in [-0.2, 0) is 36.7 Å². The van der Waals surface area contributed by atoms with E-state index in [4.69, 9.17) is 4.98 Å². The molecule has 0 aliphatic heterocycles. The number of carbonyl (C=O) groups excluding carboxylic acids is 1. The number of hydrogen-bond donors (Lipinski definition) is 1. The number of nitrogens with zero attached hydrogens (tertiary/aromatic N) is 2. The zero-order valence-corrected chi connectivity index (χ0v) is 34.6. The maximum absolute atomic E-state index is 11.7. The first-order valence-electron chi connectivity index (χ1n) is 17.9. The zero-order valence-electron chi connectivity index (χ0n) is 31.4. The molecule has 0 atom stereocenters. The van der Waals surface area contributed by atoms with Gasteiger partial charge in [0.05, 0.1) is 27.9 Å². The Kier molecular flexibility index (Phi) is 15.0. The Hall–Kier alpha value is -3.31. The van der Waals surface area contributed by atoms with Gasteiger partial charge in [0.15, 0.2) is 5.78 Å². The second-order valence-corrected chi connectivity index (χ2v) is 15.5. The van der Waals surface area contributed by atoms with E-state index in [1.807, 2.05) is 38.5 Å². The second-order valence-electron chi connectivity index (χ2n) is 14.6. The van der Waals surface area contributed by atoms with Crippen LogP contribution < -0.4 is 4.57 Å². The SMILES string of the molecule is CCC(CC)C(=O)/C=C(\O)C(CC)CC.[CH2-][n+]1ccc(-c2ccc3scc(CC(C)C)c3n2)cc1-c1[c-]c2ccccc2c(C(C)(C)C)c1.[Ir]. The minimum absolute atomic E-state index is 0. The van der Waals surface area contributed by atoms with Crippen LogP contribution in [0.3, 0.4) is 0 Å². The van der Waals surface area contributed by atoms with Gasteiger partial charge in [-0.1, -0.05) is 91.5 Å². The number of ketones is 1. The van der Waals surface area contributed by atoms with Gasteiger partial charge in [-0.25, -0.2) is 4.98 Å². The number of carbonyl (C=O) groups is 1. The third kappa shape index (κ3) is 9.93. The van der Waals surface area contributed by atoms with E-state index in [9.17, 15) is 9.90 Å². The smallest absolute Gasteiger partial charge is 0.162 e. The van der Waals surface area contributed by atoms with E-state index in [1.165, 1.54) is 27.3 Å². The van der Waals surface area contributed by atoms with Crippen molar-refractivity contribution in [1.29, 1.82) is 0 Å². The summed E-state index contributed by atoms with van der Waals surface area (Å²) in [5.74, 6) is 1.16. The van der Waals surface area contributed by atoms with E-state index in [0.717, 1.165) is 65.5 Å². The van der Waals surface area contributed by atoms with Gasteiger partial charge in [-0.15, -0.1) is 40.5 Å². The van der Waals surface area contributed by atoms with E-state index in [2.05, 4.69) is 108 Å². The number of pyridine rings is 2. The molecule has 0 saturated heterocycles. The van der Waals surface area contributed by atoms with E-state index < -0.39 is 0 Å². The number of rotatable bonds is 11. The summed E-state index contributed by atoms with van der Waals surface area (Å²) in [4.78, 5) is 16.8. The number of aromatic nitrogens is 2. The summed E-state index contributed by atoms with van der Waals surface area (Å²) in [6.45, 7) is 19.4. The van der Waals surface area contributed by atoms with Crippen LogP contribution in [0.25, 0.3) is 43.5 Å². The van der Waals surface area contributed by atoms with Crippen molar-refractivity contribution in [2.75, 3.05) is 0 Å². The molecule has 0 unspecified atom stereocenters. The fraction of sp³-hybridized carbons (Fsp3) is 0.409. The van der Waals surface area contributed by atoms with Gasteiger partial charge in [-0.2, -0.15) is 0 Å². The van der Waals surface area contributed by atoms with Gasteiger partial charge in [-0.3, -0.25) is 4.79 Å². The number of aliphatic hydroxyl groups is 1. The van der Waals surface area contributed by atoms with Gasteiger partial charge in [-0.05, 0) is 84.2 Å². The molecule has 4 nitrogen and oxygen atoms in total. The maximum Gasteiger partial charge on any atom is 0.162 e. The standard InChI is InChI=1S/C31H31N2S.C13H24O2.Ir/c1-20(2)15-24-19-34-29-12-11-27(32-30(24)29)22-13-14-33(6)28(18-22)23-16-21-9-7-8-10-25(21)26(17-23)31(3,4)5;1-5-10(6-2)12(14)9-13(15)11(7-3)8-4;/h7-14,17-20H,6,15H2,1-5H3;9-11,14H,5-8H2,1-4H3;/q-1;;/b;12-9-;. The molecular formula is C44H55IrN2O2S-. The van der Waals surface area contributed by atoms with Crippen LogP contribution in [0, 0.1) is 30.9 Å². The van der Waals surface area contributed by atoms with Crippen molar-refractivity contribution in [3.8, 4) is 22.5 Å². The number of hydrogen-bond acceptors (Lipinski definition) is 4. The van der Waals surface area contributed by atoms with Gasteiger partial charge in [0.1, 0.15) is 5.69 Å². The minimum atomic E-state index is 0. The third-order valence-electron chi connectivity index (χ3n) is 9.39. The molecule has 0 saturated carbocycles. The molecular weight excluding hydrogens is 813 g/mol. The molecule has 5 aromatic rings. The fourth-order valence-corrected chi connectivity index (χ4v) is 7.31. The molecule has 50 heavy (non-hydrogen) atoms. The normalized spacial score (nSPS) is 12.0. The molecule has 2 aromatic carbocycles. The summed E-state index contributed by atoms with van der Waals surface area (Å²) in [5, 5.41) is 14.4. The molecule has 0 fully saturated rings. The maximum atomic E-state index is 11.7. The monoisotopic (exact) mass is 868 g/mol. The Morgan fingerprint density at radius 3 is 2.26 bits per heavy atom. The molecule has 0 aliphatic rings. The van der Waals surface area contributed by atoms with Crippen molar-refractivity contribution in [2.24, 2.45) is 17.8 Å². The van der Waals surface area contributed by atoms with Crippen LogP contribution in [0.4, 0.5) is 0 Å². The largest absolute Gasteiger partial charge is 0.512 e. The summed E-state index contributed by atoms with van der Waals surface area (Å²) in [6.07, 6.45) is 7.99. The molecule has 0 spiro atoms. The van der Waals surface area contributed by atoms with Crippen molar-refractivity contribution >= 4 is 38.1 Å². The van der Waals surface area contributed by atoms with Crippen LogP contribution in [-0.4, -0.2) is 15.9 Å². The summed E-state index contributed by atoms with van der Waals surface area (Å²) < 4.78 is 3.18. The average Bonchev–Trinajstić information content (AvgIpc) is 3.46. The molecule has 3 heterocycles. The Bertz CT molecular complexity index is 1910. The van der Waals surface area contributed by atoms with Crippen molar-refractivity contribution in [2.45, 2.75) is 99.8 Å². The number of allylic oxidation sites excluding steroid dienone is 2. The van der Waals surface area contributed by atoms with Crippen LogP contribution in [0.15, 0.2) is 78.0 Å². The Labute approximate surface area is 318 Å². The van der Waals surface area contributed by atoms with E-state index in [-0.39, 0.29) is 48.9 Å². The van der Waals surface area contributed by atoms with Gasteiger partial charge in [0.2, 0.25) is 0 Å². The zero-order chi connectivity index (χ0) is 35.9. The number of benzene rings is 2. The average molecular weight is 868 g/mol. The molecule has 269 valence electrons. The van der Waals surface area contributed by atoms with Crippen molar-refractivity contribution in [3.05, 3.63) is 102 Å². The van der Waals surface area contributed by atoms with Crippen LogP contribution in [0.1, 0.15) is 99.1 Å². The minimum Gasteiger partial charge on any atom is -0.512 e. The fourth-order valence-electron chi connectivity index (χ4n) is 6.40. The number of thiophene rings is 1. The van der Waals surface area contributed by atoms with Crippen molar-refractivity contribution in [1.82, 2.24) is 4.98 Å². The first-order valence-corrected chi connectivity index (χ1v) is 18.8. The van der Waals surface area contributed by atoms with Gasteiger partial charge in [0.25, 0.3) is 0 Å². The Morgan fingerprint density at radius 1 is 0.980 bits per heavy atom. The van der Waals surface area contributed by atoms with Gasteiger partial charge >= 0.3 is 0 Å². The Balaban J connectivity index is 0.000000361. The summed E-state index contributed by atoms with van der Waals surface area (Å²) in [5.41, 5.74) is 7.99. The quantitative estimate of drug-likeness (QED) is 0.0623. The molecule has 0 aliphatic carbocycles. The van der Waals surface area contributed by atoms with E-state index in [0.29, 0.717) is 5.92 Å². The van der Waals surface area contributed by atoms with E-state index >= 15 is 0 Å². The van der Waals surface area contributed by atoms with Crippen LogP contribution in [0.5, 0.6) is 0 Å². The topological polar surface area (TPSA) is 54.1 Å². The molecule has 6 heteroatoms. The van der Waals surface area contributed by atoms with E-state index in [1.54, 1.807) is 11.3 Å². The third-order valence-corrected chi connectivity index (χ3v) is 10.4. The molecule has 5 rings (SSSR count). The molecule has 1 N–H and O–H groups in total. The Morgan fingerprint density at radius 2 is 1.64 bits per heavy atom. The predicted molar refractivity (Wildman–Crippen MR) is 209 cm³/mol. The van der Waals surface area contributed by atoms with Crippen LogP contribution >= 0.6 is 11.3 Å². The van der Waals surface area contributed by atoms with Gasteiger partial charge in [0, 0.05) is 45.1 Å². The molecule has 1 radical (unpaired) electrons. The summed E-state index contributed by atoms with van der Waals surface area (Å²) >= 11 is 1.79. The summed E-state index contributed by atoms with van der Waals surface area (Å²) in [7, 11) is 4.27. The molecule has 0 bridgehead atoms. The van der Waals surface area contributed by atoms with Crippen LogP contribution in [0.2, 0.25) is 0 Å². The van der Waals surface area contributed by atoms with Crippen molar-refractivity contribution in [3.63, 3.8) is 0 Å². The van der Waals surface area contributed by atoms with Crippen molar-refractivity contribution < 1.29 is 34.6 Å². The first kappa shape index (κ1) is 41.1. The second kappa shape index (κ2) is 18.3.